The number of nitrogens with zero attached hydrogens (tertiary/aromatic N) is 3. The number of anilines is 2. The number of nitrogens with two attached hydrogens (primary N) is 1. The lowest BCUT2D eigenvalue weighted by atomic mass is 9.95. The molecule has 1 aromatic carbocycles. The highest BCUT2D eigenvalue weighted by molar-refractivity contribution is 7.13. The van der Waals surface area contributed by atoms with E-state index in [-0.39, 0.29) is 6.61 Å². The monoisotopic (exact) mass is 455 g/mol. The molecular formula is C23H29N5O3S. The maximum absolute atomic E-state index is 11.3. The quantitative estimate of drug-likeness (QED) is 0.454. The van der Waals surface area contributed by atoms with Crippen molar-refractivity contribution in [3.63, 3.8) is 0 Å². The van der Waals surface area contributed by atoms with E-state index in [0.29, 0.717) is 24.0 Å². The fourth-order valence-corrected chi connectivity index (χ4v) is 4.21. The highest BCUT2D eigenvalue weighted by Crippen LogP contribution is 2.28. The lowest BCUT2D eigenvalue weighted by Crippen LogP contribution is -2.41. The number of aromatic nitrogens is 3. The second-order valence-corrected chi connectivity index (χ2v) is 9.28. The summed E-state index contributed by atoms with van der Waals surface area (Å²) in [5.41, 5.74) is 8.08. The van der Waals surface area contributed by atoms with E-state index in [2.05, 4.69) is 34.1 Å². The Labute approximate surface area is 192 Å². The molecule has 170 valence electrons. The molecule has 1 atom stereocenters. The van der Waals surface area contributed by atoms with Gasteiger partial charge in [-0.1, -0.05) is 13.8 Å². The average Bonchev–Trinajstić information content (AvgIpc) is 3.10. The largest absolute Gasteiger partial charge is 0.489 e. The number of hydrogen-bond acceptors (Lipinski definition) is 8. The van der Waals surface area contributed by atoms with Crippen LogP contribution >= 0.6 is 11.3 Å². The topological polar surface area (TPSA) is 112 Å². The van der Waals surface area contributed by atoms with Gasteiger partial charge in [0, 0.05) is 17.1 Å². The summed E-state index contributed by atoms with van der Waals surface area (Å²) in [6.07, 6.45) is 1.55. The number of aryl methyl sites for hydroxylation is 2. The van der Waals surface area contributed by atoms with Gasteiger partial charge in [-0.15, -0.1) is 11.3 Å². The minimum absolute atomic E-state index is 0.211. The van der Waals surface area contributed by atoms with E-state index in [1.807, 2.05) is 50.4 Å². The first-order chi connectivity index (χ1) is 15.1. The summed E-state index contributed by atoms with van der Waals surface area (Å²) in [6.45, 7) is 10.1. The first-order valence-corrected chi connectivity index (χ1v) is 11.3. The fraction of sp³-hybridized carbons (Fsp3) is 0.391. The van der Waals surface area contributed by atoms with Crippen molar-refractivity contribution in [3.8, 4) is 17.0 Å². The molecule has 0 fully saturated rings. The smallest absolute Gasteiger partial charge is 0.405 e. The highest BCUT2D eigenvalue weighted by atomic mass is 32.1. The Morgan fingerprint density at radius 1 is 1.25 bits per heavy atom. The number of nitrogens with one attached hydrogen (secondary N) is 1. The second kappa shape index (κ2) is 9.95. The zero-order valence-electron chi connectivity index (χ0n) is 19.0. The van der Waals surface area contributed by atoms with Gasteiger partial charge in [-0.2, -0.15) is 0 Å². The van der Waals surface area contributed by atoms with Crippen LogP contribution in [0, 0.1) is 19.8 Å². The summed E-state index contributed by atoms with van der Waals surface area (Å²) in [5.74, 6) is 1.52. The molecule has 0 aliphatic heterocycles. The van der Waals surface area contributed by atoms with Gasteiger partial charge < -0.3 is 20.5 Å². The first-order valence-electron chi connectivity index (χ1n) is 10.4. The fourth-order valence-electron chi connectivity index (χ4n) is 3.52. The van der Waals surface area contributed by atoms with Crippen molar-refractivity contribution in [3.05, 3.63) is 47.1 Å². The van der Waals surface area contributed by atoms with Crippen LogP contribution in [0.15, 0.2) is 35.8 Å². The highest BCUT2D eigenvalue weighted by Gasteiger charge is 2.30. The van der Waals surface area contributed by atoms with Gasteiger partial charge in [0.05, 0.1) is 11.4 Å². The Kier molecular flexibility index (Phi) is 7.29. The number of carbonyl (C=O) groups is 1. The molecule has 32 heavy (non-hydrogen) atoms. The van der Waals surface area contributed by atoms with Crippen LogP contribution in [0.5, 0.6) is 5.75 Å². The second-order valence-electron chi connectivity index (χ2n) is 8.42. The molecule has 0 aliphatic carbocycles. The van der Waals surface area contributed by atoms with Gasteiger partial charge in [0.25, 0.3) is 0 Å². The molecule has 0 saturated carbocycles. The Morgan fingerprint density at radius 3 is 2.66 bits per heavy atom. The van der Waals surface area contributed by atoms with Gasteiger partial charge in [-0.3, -0.25) is 0 Å². The zero-order valence-corrected chi connectivity index (χ0v) is 19.8. The lowest BCUT2D eigenvalue weighted by Gasteiger charge is -2.30. The summed E-state index contributed by atoms with van der Waals surface area (Å²) in [4.78, 5) is 24.6. The van der Waals surface area contributed by atoms with Gasteiger partial charge in [0.2, 0.25) is 5.95 Å². The van der Waals surface area contributed by atoms with E-state index >= 15 is 0 Å². The number of benzene rings is 1. The summed E-state index contributed by atoms with van der Waals surface area (Å²) in [5, 5.41) is 5.86. The van der Waals surface area contributed by atoms with Crippen LogP contribution in [-0.4, -0.2) is 33.3 Å². The van der Waals surface area contributed by atoms with Gasteiger partial charge in [-0.25, -0.2) is 19.7 Å². The summed E-state index contributed by atoms with van der Waals surface area (Å²) in [6, 6.07) is 7.69. The summed E-state index contributed by atoms with van der Waals surface area (Å²) >= 11 is 1.51. The van der Waals surface area contributed by atoms with E-state index in [0.717, 1.165) is 27.6 Å². The third kappa shape index (κ3) is 6.40. The molecule has 0 unspecified atom stereocenters. The third-order valence-corrected chi connectivity index (χ3v) is 5.56. The lowest BCUT2D eigenvalue weighted by molar-refractivity contribution is -0.0187. The van der Waals surface area contributed by atoms with E-state index in [4.69, 9.17) is 15.2 Å². The van der Waals surface area contributed by atoms with Crippen molar-refractivity contribution >= 4 is 28.5 Å². The van der Waals surface area contributed by atoms with Crippen molar-refractivity contribution < 1.29 is 14.3 Å². The molecular weight excluding hydrogens is 426 g/mol. The number of ether oxygens (including phenoxy) is 2. The maximum atomic E-state index is 11.3. The van der Waals surface area contributed by atoms with Crippen LogP contribution in [0.3, 0.4) is 0 Å². The Balaban J connectivity index is 1.73. The van der Waals surface area contributed by atoms with Gasteiger partial charge in [-0.05, 0) is 62.9 Å². The van der Waals surface area contributed by atoms with Crippen LogP contribution in [0.1, 0.15) is 38.4 Å². The summed E-state index contributed by atoms with van der Waals surface area (Å²) < 4.78 is 11.4. The number of primary amides is 1. The van der Waals surface area contributed by atoms with E-state index in [1.165, 1.54) is 11.3 Å². The zero-order chi connectivity index (χ0) is 23.3. The number of rotatable bonds is 9. The van der Waals surface area contributed by atoms with E-state index in [1.54, 1.807) is 6.20 Å². The van der Waals surface area contributed by atoms with Crippen molar-refractivity contribution in [2.24, 2.45) is 11.7 Å². The number of amides is 1. The standard InChI is InChI=1S/C23H29N5O3S/c1-14(2)11-23(5,31-20(24)29)13-30-19-7-6-17(10-15(19)3)18-8-9-25-21(27-18)28-22-26-16(4)12-32-22/h6-10,12,14H,11,13H2,1-5H3,(H2,24,29)(H,25,26,27,28)/t23-/m0/s1. The SMILES string of the molecule is Cc1csc(Nc2nccc(-c3ccc(OC[C@](C)(CC(C)C)OC(N)=O)c(C)c3)n2)n1. The maximum Gasteiger partial charge on any atom is 0.405 e. The van der Waals surface area contributed by atoms with Crippen LogP contribution in [0.2, 0.25) is 0 Å². The predicted molar refractivity (Wildman–Crippen MR) is 126 cm³/mol. The van der Waals surface area contributed by atoms with Gasteiger partial charge >= 0.3 is 6.09 Å². The molecule has 0 bridgehead atoms. The Hall–Kier alpha value is -3.20. The van der Waals surface area contributed by atoms with Crippen LogP contribution in [0.4, 0.5) is 15.9 Å². The average molecular weight is 456 g/mol. The van der Waals surface area contributed by atoms with E-state index < -0.39 is 11.7 Å². The molecule has 0 saturated heterocycles. The molecule has 2 aromatic heterocycles. The molecule has 1 amide bonds. The molecule has 0 spiro atoms. The molecule has 8 nitrogen and oxygen atoms in total. The molecule has 0 aliphatic rings. The Morgan fingerprint density at radius 2 is 2.03 bits per heavy atom. The van der Waals surface area contributed by atoms with Crippen LogP contribution in [-0.2, 0) is 4.74 Å². The van der Waals surface area contributed by atoms with Crippen molar-refractivity contribution in [1.29, 1.82) is 0 Å². The number of thiazole rings is 1. The minimum Gasteiger partial charge on any atom is -0.489 e. The van der Waals surface area contributed by atoms with Crippen molar-refractivity contribution in [2.75, 3.05) is 11.9 Å². The minimum atomic E-state index is -0.801. The van der Waals surface area contributed by atoms with Crippen LogP contribution in [0.25, 0.3) is 11.3 Å². The molecule has 9 heteroatoms. The Bertz CT molecular complexity index is 1080. The van der Waals surface area contributed by atoms with Crippen molar-refractivity contribution in [1.82, 2.24) is 15.0 Å². The summed E-state index contributed by atoms with van der Waals surface area (Å²) in [7, 11) is 0. The number of hydrogen-bond donors (Lipinski definition) is 2. The number of carbonyl (C=O) groups excluding carboxylic acids is 1. The normalized spacial score (nSPS) is 12.9. The van der Waals surface area contributed by atoms with E-state index in [9.17, 15) is 4.79 Å². The third-order valence-electron chi connectivity index (χ3n) is 4.68. The van der Waals surface area contributed by atoms with Gasteiger partial charge in [0.15, 0.2) is 5.13 Å². The van der Waals surface area contributed by atoms with Crippen LogP contribution < -0.4 is 15.8 Å². The van der Waals surface area contributed by atoms with Crippen molar-refractivity contribution in [2.45, 2.75) is 46.6 Å². The molecule has 3 rings (SSSR count). The molecule has 2 heterocycles. The van der Waals surface area contributed by atoms with Gasteiger partial charge in [0.1, 0.15) is 18.0 Å². The molecule has 3 N–H and O–H groups in total. The molecule has 3 aromatic rings. The predicted octanol–water partition coefficient (Wildman–Crippen LogP) is 5.24. The first kappa shape index (κ1) is 23.5. The molecule has 0 radical (unpaired) electrons.